The molecule has 4 heterocycles. The van der Waals surface area contributed by atoms with Crippen LogP contribution in [0.4, 0.5) is 0 Å². The van der Waals surface area contributed by atoms with E-state index in [4.69, 9.17) is 9.47 Å². The van der Waals surface area contributed by atoms with Crippen LogP contribution >= 0.6 is 22.7 Å². The summed E-state index contributed by atoms with van der Waals surface area (Å²) in [4.78, 5) is 22.0. The molecule has 1 aliphatic rings. The molecule has 0 spiro atoms. The van der Waals surface area contributed by atoms with Gasteiger partial charge in [-0.3, -0.25) is 4.79 Å². The van der Waals surface area contributed by atoms with Gasteiger partial charge in [-0.1, -0.05) is 18.2 Å². The van der Waals surface area contributed by atoms with Gasteiger partial charge in [-0.25, -0.2) is 4.98 Å². The molecule has 5 rings (SSSR count). The molecule has 1 aromatic carbocycles. The lowest BCUT2D eigenvalue weighted by Gasteiger charge is -2.25. The molecule has 0 unspecified atom stereocenters. The van der Waals surface area contributed by atoms with Crippen molar-refractivity contribution < 1.29 is 9.47 Å². The first-order valence-electron chi connectivity index (χ1n) is 7.73. The van der Waals surface area contributed by atoms with Crippen molar-refractivity contribution in [1.29, 1.82) is 0 Å². The molecule has 1 atom stereocenters. The van der Waals surface area contributed by atoms with Gasteiger partial charge in [0.2, 0.25) is 0 Å². The van der Waals surface area contributed by atoms with Gasteiger partial charge in [0.1, 0.15) is 11.4 Å². The predicted octanol–water partition coefficient (Wildman–Crippen LogP) is 4.23. The lowest BCUT2D eigenvalue weighted by molar-refractivity contribution is 0.0852. The van der Waals surface area contributed by atoms with Gasteiger partial charge in [-0.15, -0.1) is 22.7 Å². The monoisotopic (exact) mass is 368 g/mol. The van der Waals surface area contributed by atoms with E-state index >= 15 is 0 Å². The number of nitrogens with one attached hydrogen (secondary N) is 1. The highest BCUT2D eigenvalue weighted by Crippen LogP contribution is 2.36. The molecule has 124 valence electrons. The summed E-state index contributed by atoms with van der Waals surface area (Å²) in [6.07, 6.45) is -0.431. The zero-order valence-corrected chi connectivity index (χ0v) is 14.5. The SMILES string of the molecule is O=c1[nH]c([C@@H]2COc3ccccc3O2)nc2scc(-c3cccs3)c12. The Labute approximate surface area is 150 Å². The highest BCUT2D eigenvalue weighted by molar-refractivity contribution is 7.18. The van der Waals surface area contributed by atoms with Crippen LogP contribution < -0.4 is 15.0 Å². The number of rotatable bonds is 2. The van der Waals surface area contributed by atoms with Crippen LogP contribution in [0.15, 0.2) is 52.0 Å². The first-order valence-corrected chi connectivity index (χ1v) is 9.49. The van der Waals surface area contributed by atoms with Crippen molar-refractivity contribution >= 4 is 32.9 Å². The van der Waals surface area contributed by atoms with E-state index < -0.39 is 6.10 Å². The number of para-hydroxylation sites is 2. The quantitative estimate of drug-likeness (QED) is 0.575. The maximum atomic E-state index is 12.7. The Morgan fingerprint density at radius 3 is 2.84 bits per heavy atom. The number of aromatic nitrogens is 2. The Morgan fingerprint density at radius 1 is 1.12 bits per heavy atom. The number of aromatic amines is 1. The molecule has 25 heavy (non-hydrogen) atoms. The number of nitrogens with zero attached hydrogens (tertiary/aromatic N) is 1. The van der Waals surface area contributed by atoms with Crippen molar-refractivity contribution in [3.05, 3.63) is 63.3 Å². The maximum Gasteiger partial charge on any atom is 0.260 e. The molecule has 3 aromatic heterocycles. The van der Waals surface area contributed by atoms with Crippen LogP contribution in [0, 0.1) is 0 Å². The van der Waals surface area contributed by atoms with Gasteiger partial charge in [0.25, 0.3) is 5.56 Å². The molecule has 0 bridgehead atoms. The van der Waals surface area contributed by atoms with Gasteiger partial charge in [-0.2, -0.15) is 0 Å². The van der Waals surface area contributed by atoms with Crippen LogP contribution in [0.5, 0.6) is 11.5 Å². The molecule has 0 fully saturated rings. The van der Waals surface area contributed by atoms with Crippen molar-refractivity contribution in [2.24, 2.45) is 0 Å². The molecule has 7 heteroatoms. The summed E-state index contributed by atoms with van der Waals surface area (Å²) in [5.74, 6) is 1.86. The van der Waals surface area contributed by atoms with E-state index in [1.807, 2.05) is 47.2 Å². The van der Waals surface area contributed by atoms with Crippen molar-refractivity contribution in [1.82, 2.24) is 9.97 Å². The van der Waals surface area contributed by atoms with Crippen LogP contribution in [0.25, 0.3) is 20.7 Å². The summed E-state index contributed by atoms with van der Waals surface area (Å²) in [6, 6.07) is 11.5. The largest absolute Gasteiger partial charge is 0.485 e. The van der Waals surface area contributed by atoms with Crippen LogP contribution in [0.1, 0.15) is 11.9 Å². The fourth-order valence-electron chi connectivity index (χ4n) is 2.89. The number of hydrogen-bond acceptors (Lipinski definition) is 6. The third-order valence-corrected chi connectivity index (χ3v) is 5.84. The number of hydrogen-bond donors (Lipinski definition) is 1. The van der Waals surface area contributed by atoms with E-state index in [0.717, 1.165) is 10.4 Å². The molecule has 0 saturated heterocycles. The molecule has 0 amide bonds. The zero-order chi connectivity index (χ0) is 16.8. The zero-order valence-electron chi connectivity index (χ0n) is 12.9. The summed E-state index contributed by atoms with van der Waals surface area (Å²) >= 11 is 3.08. The molecular weight excluding hydrogens is 356 g/mol. The van der Waals surface area contributed by atoms with Gasteiger partial charge < -0.3 is 14.5 Å². The van der Waals surface area contributed by atoms with Gasteiger partial charge in [0.05, 0.1) is 5.39 Å². The standard InChI is InChI=1S/C18H12N2O3S2/c21-17-15-10(14-6-3-7-24-14)9-25-18(15)20-16(19-17)13-8-22-11-4-1-2-5-12(11)23-13/h1-7,9,13H,8H2,(H,19,20,21)/t13-/m0/s1. The van der Waals surface area contributed by atoms with E-state index in [9.17, 15) is 4.79 Å². The van der Waals surface area contributed by atoms with E-state index in [-0.39, 0.29) is 5.56 Å². The highest BCUT2D eigenvalue weighted by Gasteiger charge is 2.25. The lowest BCUT2D eigenvalue weighted by Crippen LogP contribution is -2.25. The normalized spacial score (nSPS) is 16.2. The third kappa shape index (κ3) is 2.43. The first kappa shape index (κ1) is 14.7. The Kier molecular flexibility index (Phi) is 3.36. The summed E-state index contributed by atoms with van der Waals surface area (Å²) in [5.41, 5.74) is 0.786. The van der Waals surface area contributed by atoms with Crippen molar-refractivity contribution in [2.75, 3.05) is 6.61 Å². The average Bonchev–Trinajstić information content (AvgIpc) is 3.30. The predicted molar refractivity (Wildman–Crippen MR) is 98.9 cm³/mol. The number of ether oxygens (including phenoxy) is 2. The second kappa shape index (κ2) is 5.72. The fraction of sp³-hybridized carbons (Fsp3) is 0.111. The Bertz CT molecular complexity index is 1120. The van der Waals surface area contributed by atoms with Gasteiger partial charge in [0.15, 0.2) is 23.4 Å². The second-order valence-electron chi connectivity index (χ2n) is 5.62. The minimum atomic E-state index is -0.431. The molecule has 0 aliphatic carbocycles. The molecule has 1 N–H and O–H groups in total. The number of H-pyrrole nitrogens is 1. The van der Waals surface area contributed by atoms with Crippen LogP contribution in [-0.2, 0) is 0 Å². The minimum absolute atomic E-state index is 0.146. The topological polar surface area (TPSA) is 64.2 Å². The highest BCUT2D eigenvalue weighted by atomic mass is 32.1. The summed E-state index contributed by atoms with van der Waals surface area (Å²) in [5, 5.41) is 4.61. The summed E-state index contributed by atoms with van der Waals surface area (Å²) < 4.78 is 11.7. The second-order valence-corrected chi connectivity index (χ2v) is 7.43. The first-order chi connectivity index (χ1) is 12.3. The molecular formula is C18H12N2O3S2. The van der Waals surface area contributed by atoms with Crippen molar-refractivity contribution in [2.45, 2.75) is 6.10 Å². The Hall–Kier alpha value is -2.64. The molecule has 4 aromatic rings. The lowest BCUT2D eigenvalue weighted by atomic mass is 10.2. The molecule has 0 saturated carbocycles. The minimum Gasteiger partial charge on any atom is -0.485 e. The van der Waals surface area contributed by atoms with E-state index in [2.05, 4.69) is 9.97 Å². The third-order valence-electron chi connectivity index (χ3n) is 4.06. The average molecular weight is 368 g/mol. The maximum absolute atomic E-state index is 12.7. The molecule has 0 radical (unpaired) electrons. The number of benzene rings is 1. The van der Waals surface area contributed by atoms with E-state index in [0.29, 0.717) is 34.1 Å². The summed E-state index contributed by atoms with van der Waals surface area (Å²) in [6.45, 7) is 0.314. The van der Waals surface area contributed by atoms with Crippen LogP contribution in [-0.4, -0.2) is 16.6 Å². The van der Waals surface area contributed by atoms with Gasteiger partial charge in [-0.05, 0) is 23.6 Å². The van der Waals surface area contributed by atoms with Gasteiger partial charge in [0, 0.05) is 15.8 Å². The van der Waals surface area contributed by atoms with Crippen molar-refractivity contribution in [3.8, 4) is 21.9 Å². The van der Waals surface area contributed by atoms with Crippen LogP contribution in [0.3, 0.4) is 0 Å². The Balaban J connectivity index is 1.57. The smallest absolute Gasteiger partial charge is 0.260 e. The number of thiophene rings is 2. The van der Waals surface area contributed by atoms with Crippen molar-refractivity contribution in [3.63, 3.8) is 0 Å². The van der Waals surface area contributed by atoms with E-state index in [1.165, 1.54) is 11.3 Å². The molecule has 5 nitrogen and oxygen atoms in total. The Morgan fingerprint density at radius 2 is 2.00 bits per heavy atom. The number of fused-ring (bicyclic) bond motifs is 2. The van der Waals surface area contributed by atoms with Crippen LogP contribution in [0.2, 0.25) is 0 Å². The van der Waals surface area contributed by atoms with E-state index in [1.54, 1.807) is 11.3 Å². The molecule has 1 aliphatic heterocycles. The fourth-order valence-corrected chi connectivity index (χ4v) is 4.65. The van der Waals surface area contributed by atoms with Gasteiger partial charge >= 0.3 is 0 Å². The summed E-state index contributed by atoms with van der Waals surface area (Å²) in [7, 11) is 0.